The zero-order chi connectivity index (χ0) is 7.68. The number of rotatable bonds is 0. The molecule has 0 spiro atoms. The van der Waals surface area contributed by atoms with Crippen LogP contribution in [-0.4, -0.2) is 24.6 Å². The van der Waals surface area contributed by atoms with E-state index in [1.165, 1.54) is 0 Å². The van der Waals surface area contributed by atoms with E-state index in [0.717, 1.165) is 38.1 Å². The number of amidine groups is 1. The number of nitrogens with two attached hydrogens (primary N) is 1. The largest absolute Gasteiger partial charge is 0.387 e. The van der Waals surface area contributed by atoms with Crippen LogP contribution >= 0.6 is 12.4 Å². The summed E-state index contributed by atoms with van der Waals surface area (Å²) in [4.78, 5) is 4.37. The van der Waals surface area contributed by atoms with Crippen LogP contribution in [0.15, 0.2) is 4.99 Å². The first-order valence-corrected chi connectivity index (χ1v) is 4.30. The van der Waals surface area contributed by atoms with Gasteiger partial charge in [0.2, 0.25) is 0 Å². The molecule has 4 heteroatoms. The second-order valence-electron chi connectivity index (χ2n) is 3.28. The molecule has 0 bridgehead atoms. The first kappa shape index (κ1) is 9.81. The lowest BCUT2D eigenvalue weighted by Crippen LogP contribution is -2.38. The van der Waals surface area contributed by atoms with E-state index in [4.69, 9.17) is 10.5 Å². The van der Waals surface area contributed by atoms with Crippen LogP contribution in [0.25, 0.3) is 0 Å². The standard InChI is InChI=1S/C8H14N2O.ClH/c9-8-4-3-7-6(10-8)2-1-5-11-7;/h6-7H,1-5H2,(H2,9,10);1H/t6-,7-;/m0./s1. The molecule has 2 N–H and O–H groups in total. The molecule has 1 saturated heterocycles. The molecule has 2 rings (SSSR count). The highest BCUT2D eigenvalue weighted by Gasteiger charge is 2.28. The summed E-state index contributed by atoms with van der Waals surface area (Å²) >= 11 is 0. The molecule has 2 aliphatic heterocycles. The van der Waals surface area contributed by atoms with Gasteiger partial charge in [-0.2, -0.15) is 0 Å². The monoisotopic (exact) mass is 190 g/mol. The average Bonchev–Trinajstić information content (AvgIpc) is 2.04. The lowest BCUT2D eigenvalue weighted by Gasteiger charge is -2.32. The van der Waals surface area contributed by atoms with Gasteiger partial charge < -0.3 is 10.5 Å². The third-order valence-corrected chi connectivity index (χ3v) is 2.42. The van der Waals surface area contributed by atoms with Gasteiger partial charge >= 0.3 is 0 Å². The molecule has 0 saturated carbocycles. The Labute approximate surface area is 78.8 Å². The fourth-order valence-corrected chi connectivity index (χ4v) is 1.82. The molecule has 0 aliphatic carbocycles. The Bertz CT molecular complexity index is 184. The molecule has 70 valence electrons. The van der Waals surface area contributed by atoms with E-state index in [1.807, 2.05) is 0 Å². The molecule has 3 nitrogen and oxygen atoms in total. The molecule has 0 unspecified atom stereocenters. The second-order valence-corrected chi connectivity index (χ2v) is 3.28. The van der Waals surface area contributed by atoms with Gasteiger partial charge in [0.15, 0.2) is 0 Å². The van der Waals surface area contributed by atoms with Crippen molar-refractivity contribution in [2.24, 2.45) is 10.7 Å². The van der Waals surface area contributed by atoms with Gasteiger partial charge in [-0.1, -0.05) is 0 Å². The minimum absolute atomic E-state index is 0. The second kappa shape index (κ2) is 4.10. The summed E-state index contributed by atoms with van der Waals surface area (Å²) < 4.78 is 5.57. The number of nitrogens with zero attached hydrogens (tertiary/aromatic N) is 1. The fraction of sp³-hybridized carbons (Fsp3) is 0.875. The molecule has 12 heavy (non-hydrogen) atoms. The van der Waals surface area contributed by atoms with Gasteiger partial charge in [-0.25, -0.2) is 0 Å². The lowest BCUT2D eigenvalue weighted by molar-refractivity contribution is -0.00454. The van der Waals surface area contributed by atoms with E-state index in [1.54, 1.807) is 0 Å². The van der Waals surface area contributed by atoms with Gasteiger partial charge in [-0.05, 0) is 19.3 Å². The molecular weight excluding hydrogens is 176 g/mol. The number of hydrogen-bond donors (Lipinski definition) is 1. The molecule has 0 aromatic rings. The fourth-order valence-electron chi connectivity index (χ4n) is 1.82. The lowest BCUT2D eigenvalue weighted by atomic mass is 9.96. The third kappa shape index (κ3) is 1.90. The normalized spacial score (nSPS) is 34.5. The van der Waals surface area contributed by atoms with Crippen molar-refractivity contribution < 1.29 is 4.74 Å². The van der Waals surface area contributed by atoms with Crippen molar-refractivity contribution in [2.45, 2.75) is 37.8 Å². The Morgan fingerprint density at radius 2 is 2.25 bits per heavy atom. The van der Waals surface area contributed by atoms with Crippen molar-refractivity contribution in [3.8, 4) is 0 Å². The van der Waals surface area contributed by atoms with Crippen LogP contribution in [-0.2, 0) is 4.74 Å². The Morgan fingerprint density at radius 1 is 1.42 bits per heavy atom. The van der Waals surface area contributed by atoms with Gasteiger partial charge in [0.1, 0.15) is 0 Å². The van der Waals surface area contributed by atoms with E-state index in [-0.39, 0.29) is 12.4 Å². The highest BCUT2D eigenvalue weighted by atomic mass is 35.5. The Balaban J connectivity index is 0.000000720. The van der Waals surface area contributed by atoms with Gasteiger partial charge in [0.25, 0.3) is 0 Å². The molecule has 0 amide bonds. The Hall–Kier alpha value is -0.280. The molecule has 0 aromatic carbocycles. The average molecular weight is 191 g/mol. The number of hydrogen-bond acceptors (Lipinski definition) is 3. The predicted molar refractivity (Wildman–Crippen MR) is 50.9 cm³/mol. The van der Waals surface area contributed by atoms with Crippen LogP contribution in [0.5, 0.6) is 0 Å². The molecule has 1 fully saturated rings. The van der Waals surface area contributed by atoms with Crippen LogP contribution in [0.4, 0.5) is 0 Å². The SMILES string of the molecule is Cl.NC1=N[C@H]2CCCO[C@H]2CC1. The van der Waals surface area contributed by atoms with Crippen molar-refractivity contribution in [1.29, 1.82) is 0 Å². The number of halogens is 1. The summed E-state index contributed by atoms with van der Waals surface area (Å²) in [6.45, 7) is 0.913. The maximum Gasteiger partial charge on any atom is 0.0942 e. The summed E-state index contributed by atoms with van der Waals surface area (Å²) in [6, 6.07) is 0.373. The van der Waals surface area contributed by atoms with Crippen LogP contribution < -0.4 is 5.73 Å². The quantitative estimate of drug-likeness (QED) is 0.622. The van der Waals surface area contributed by atoms with E-state index in [2.05, 4.69) is 4.99 Å². The molecular formula is C8H15ClN2O. The van der Waals surface area contributed by atoms with Crippen LogP contribution in [0.2, 0.25) is 0 Å². The van der Waals surface area contributed by atoms with E-state index < -0.39 is 0 Å². The highest BCUT2D eigenvalue weighted by molar-refractivity contribution is 5.85. The van der Waals surface area contributed by atoms with Crippen molar-refractivity contribution in [1.82, 2.24) is 0 Å². The summed E-state index contributed by atoms with van der Waals surface area (Å²) in [6.07, 6.45) is 4.65. The smallest absolute Gasteiger partial charge is 0.0942 e. The van der Waals surface area contributed by atoms with Crippen LogP contribution in [0, 0.1) is 0 Å². The molecule has 2 aliphatic rings. The molecule has 2 heterocycles. The van der Waals surface area contributed by atoms with Gasteiger partial charge in [0.05, 0.1) is 18.0 Å². The number of ether oxygens (including phenoxy) is 1. The van der Waals surface area contributed by atoms with Crippen molar-refractivity contribution >= 4 is 18.2 Å². The Kier molecular flexibility index (Phi) is 3.35. The maximum absolute atomic E-state index is 5.64. The van der Waals surface area contributed by atoms with Crippen molar-refractivity contribution in [3.05, 3.63) is 0 Å². The minimum atomic E-state index is 0. The van der Waals surface area contributed by atoms with Crippen molar-refractivity contribution in [3.63, 3.8) is 0 Å². The van der Waals surface area contributed by atoms with Crippen molar-refractivity contribution in [2.75, 3.05) is 6.61 Å². The summed E-state index contributed by atoms with van der Waals surface area (Å²) in [5.74, 6) is 0.816. The summed E-state index contributed by atoms with van der Waals surface area (Å²) in [5, 5.41) is 0. The minimum Gasteiger partial charge on any atom is -0.387 e. The number of fused-ring (bicyclic) bond motifs is 1. The van der Waals surface area contributed by atoms with Crippen LogP contribution in [0.1, 0.15) is 25.7 Å². The molecule has 0 aromatic heterocycles. The number of aliphatic imine (C=N–C) groups is 1. The first-order valence-electron chi connectivity index (χ1n) is 4.30. The maximum atomic E-state index is 5.64. The third-order valence-electron chi connectivity index (χ3n) is 2.42. The zero-order valence-corrected chi connectivity index (χ0v) is 7.85. The van der Waals surface area contributed by atoms with E-state index >= 15 is 0 Å². The van der Waals surface area contributed by atoms with E-state index in [0.29, 0.717) is 12.1 Å². The molecule has 2 atom stereocenters. The topological polar surface area (TPSA) is 47.6 Å². The predicted octanol–water partition coefficient (Wildman–Crippen LogP) is 1.11. The van der Waals surface area contributed by atoms with Crippen LogP contribution in [0.3, 0.4) is 0 Å². The van der Waals surface area contributed by atoms with Gasteiger partial charge in [-0.3, -0.25) is 4.99 Å². The van der Waals surface area contributed by atoms with Gasteiger partial charge in [0, 0.05) is 13.0 Å². The zero-order valence-electron chi connectivity index (χ0n) is 7.03. The van der Waals surface area contributed by atoms with Gasteiger partial charge in [-0.15, -0.1) is 12.4 Å². The summed E-state index contributed by atoms with van der Waals surface area (Å²) in [5.41, 5.74) is 5.64. The summed E-state index contributed by atoms with van der Waals surface area (Å²) in [7, 11) is 0. The van der Waals surface area contributed by atoms with E-state index in [9.17, 15) is 0 Å². The Morgan fingerprint density at radius 3 is 3.08 bits per heavy atom. The highest BCUT2D eigenvalue weighted by Crippen LogP contribution is 2.24. The first-order chi connectivity index (χ1) is 5.36. The molecule has 0 radical (unpaired) electrons.